The number of hydrogen-bond donors (Lipinski definition) is 8. The summed E-state index contributed by atoms with van der Waals surface area (Å²) in [5.41, 5.74) is 21.2. The van der Waals surface area contributed by atoms with E-state index in [0.717, 1.165) is 11.8 Å². The number of phenols is 1. The van der Waals surface area contributed by atoms with Crippen LogP contribution in [0.15, 0.2) is 34.2 Å². The maximum atomic E-state index is 14.5. The fourth-order valence-electron chi connectivity index (χ4n) is 6.34. The van der Waals surface area contributed by atoms with Gasteiger partial charge >= 0.3 is 5.97 Å². The van der Waals surface area contributed by atoms with Crippen LogP contribution in [0.4, 0.5) is 5.69 Å². The van der Waals surface area contributed by atoms with Gasteiger partial charge in [0.05, 0.1) is 29.3 Å². The number of aliphatic hydroxyl groups excluding tert-OH is 2. The molecule has 0 unspecified atom stereocenters. The highest BCUT2D eigenvalue weighted by Crippen LogP contribution is 2.61. The van der Waals surface area contributed by atoms with Crippen molar-refractivity contribution in [3.05, 3.63) is 40.2 Å². The van der Waals surface area contributed by atoms with E-state index in [1.165, 1.54) is 26.2 Å². The average molecular weight is 569 g/mol. The van der Waals surface area contributed by atoms with Crippen molar-refractivity contribution in [1.29, 1.82) is 10.8 Å². The lowest BCUT2D eigenvalue weighted by Crippen LogP contribution is -2.88. The van der Waals surface area contributed by atoms with Gasteiger partial charge in [0.1, 0.15) is 39.8 Å². The molecule has 1 saturated carbocycles. The Morgan fingerprint density at radius 2 is 1.83 bits per heavy atom. The first-order valence-electron chi connectivity index (χ1n) is 11.8. The summed E-state index contributed by atoms with van der Waals surface area (Å²) in [6.45, 7) is 0.937. The van der Waals surface area contributed by atoms with Crippen LogP contribution >= 0.6 is 0 Å². The third kappa shape index (κ3) is 3.21. The number of ether oxygens (including phenoxy) is 1. The topological polar surface area (TPSA) is 320 Å². The number of benzene rings is 1. The van der Waals surface area contributed by atoms with E-state index in [9.17, 15) is 39.8 Å². The van der Waals surface area contributed by atoms with Crippen LogP contribution in [-0.2, 0) is 23.9 Å². The van der Waals surface area contributed by atoms with Crippen molar-refractivity contribution in [2.75, 3.05) is 14.1 Å². The van der Waals surface area contributed by atoms with Gasteiger partial charge in [0, 0.05) is 6.92 Å². The van der Waals surface area contributed by atoms with Crippen molar-refractivity contribution in [2.24, 2.45) is 33.5 Å². The lowest BCUT2D eigenvalue weighted by molar-refractivity contribution is -0.175. The Balaban J connectivity index is 2.29. The van der Waals surface area contributed by atoms with Crippen molar-refractivity contribution < 1.29 is 39.2 Å². The number of carbonyl (C=O) groups excluding carboxylic acids is 4. The number of nitrogens with zero attached hydrogens (tertiary/aromatic N) is 4. The summed E-state index contributed by atoms with van der Waals surface area (Å²) in [6.07, 6.45) is -2.12. The number of aromatic hydroxyl groups is 1. The van der Waals surface area contributed by atoms with Crippen LogP contribution in [0.5, 0.6) is 5.75 Å². The van der Waals surface area contributed by atoms with Crippen LogP contribution < -0.4 is 27.8 Å². The van der Waals surface area contributed by atoms with Gasteiger partial charge in [-0.05, 0) is 25.7 Å². The number of likely N-dealkylation sites (N-methyl/N-ethyl adjacent to an activating group) is 1. The van der Waals surface area contributed by atoms with Gasteiger partial charge in [0.2, 0.25) is 10.3 Å². The van der Waals surface area contributed by atoms with Crippen LogP contribution in [0.25, 0.3) is 5.76 Å². The molecule has 0 bridgehead atoms. The minimum absolute atomic E-state index is 0.102. The predicted octanol–water partition coefficient (Wildman–Crippen LogP) is -1.91. The molecule has 12 N–H and O–H groups in total. The molecule has 41 heavy (non-hydrogen) atoms. The lowest BCUT2D eigenvalue weighted by Gasteiger charge is -2.62. The zero-order valence-electron chi connectivity index (χ0n) is 21.9. The molecule has 0 spiro atoms. The summed E-state index contributed by atoms with van der Waals surface area (Å²) in [6, 6.07) is 0.525. The third-order valence-electron chi connectivity index (χ3n) is 7.94. The van der Waals surface area contributed by atoms with Crippen molar-refractivity contribution in [1.82, 2.24) is 9.81 Å². The third-order valence-corrected chi connectivity index (χ3v) is 7.94. The van der Waals surface area contributed by atoms with Gasteiger partial charge in [-0.15, -0.1) is 0 Å². The van der Waals surface area contributed by atoms with Crippen molar-refractivity contribution in [2.45, 2.75) is 36.2 Å². The number of primary amides is 1. The number of nitrogens with one attached hydrogen (secondary N) is 1. The van der Waals surface area contributed by atoms with E-state index in [2.05, 4.69) is 10.0 Å². The highest BCUT2D eigenvalue weighted by molar-refractivity contribution is 6.26. The van der Waals surface area contributed by atoms with E-state index in [4.69, 9.17) is 33.2 Å². The van der Waals surface area contributed by atoms with Gasteiger partial charge in [-0.25, -0.2) is 0 Å². The molecule has 214 valence electrons. The number of nitriles is 1. The molecule has 1 aromatic rings. The van der Waals surface area contributed by atoms with E-state index in [-0.39, 0.29) is 11.3 Å². The molecule has 17 nitrogen and oxygen atoms in total. The quantitative estimate of drug-likeness (QED) is 0.0851. The standard InChI is InChI=1S/C24H25N9O8/c1-7(34)41-21-23(28)12(14(36)10-8(16(23)26)4-5-9(13(10)35)31-32-30)19(39)22(6-25)18(38)11(20(27)40)15(37)17(33(2)3)24(21,22)29/h4-5,16-17,21,30H,26,28-29H2,1-3H3,(H4,27,36,37,38,39,40)/p+1/t16-,17+,21-,22-,23+,24-/m0/s1. The molecule has 0 aromatic heterocycles. The number of phenolic OH excluding ortho intramolecular Hbond substituents is 1. The van der Waals surface area contributed by atoms with Crippen molar-refractivity contribution >= 4 is 34.9 Å². The molecular formula is C24H26N9O8+. The molecule has 1 amide bonds. The molecular weight excluding hydrogens is 542 g/mol. The second-order valence-corrected chi connectivity index (χ2v) is 10.2. The molecule has 3 aliphatic carbocycles. The largest absolute Gasteiger partial charge is 0.509 e. The van der Waals surface area contributed by atoms with E-state index < -0.39 is 92.1 Å². The Bertz CT molecular complexity index is 1620. The molecule has 1 aromatic carbocycles. The number of rotatable bonds is 4. The summed E-state index contributed by atoms with van der Waals surface area (Å²) in [5.74, 6) is -8.55. The van der Waals surface area contributed by atoms with Crippen molar-refractivity contribution in [3.63, 3.8) is 0 Å². The van der Waals surface area contributed by atoms with Crippen LogP contribution in [0.1, 0.15) is 24.1 Å². The number of nitrogens with two attached hydrogens (primary N) is 4. The van der Waals surface area contributed by atoms with E-state index in [0.29, 0.717) is 0 Å². The molecule has 17 heteroatoms. The molecule has 3 aliphatic rings. The summed E-state index contributed by atoms with van der Waals surface area (Å²) < 4.78 is 5.54. The first-order chi connectivity index (χ1) is 19.0. The second-order valence-electron chi connectivity index (χ2n) is 10.2. The van der Waals surface area contributed by atoms with Gasteiger partial charge < -0.3 is 43.0 Å². The van der Waals surface area contributed by atoms with Gasteiger partial charge in [0.15, 0.2) is 28.1 Å². The maximum Gasteiger partial charge on any atom is 0.303 e. The van der Waals surface area contributed by atoms with Crippen LogP contribution in [0, 0.1) is 22.3 Å². The molecule has 0 saturated heterocycles. The Morgan fingerprint density at radius 3 is 2.32 bits per heavy atom. The van der Waals surface area contributed by atoms with Gasteiger partial charge in [-0.2, -0.15) is 5.26 Å². The first-order valence-corrected chi connectivity index (χ1v) is 11.8. The SMILES string of the molecule is CC(=O)O[C@H]1[C@@]2(N)C(=C(O)c3c(ccc(N=[N+]=N)c3O)[C@@H]2N)C(=O)[C@]2(C#N)C(O)=C(C(N)=O)C(=O)[C@@H](N(C)C)[C@]12N. The summed E-state index contributed by atoms with van der Waals surface area (Å²) in [7, 11) is 2.61. The molecule has 6 atom stereocenters. The summed E-state index contributed by atoms with van der Waals surface area (Å²) >= 11 is 0. The molecule has 0 aliphatic heterocycles. The Kier molecular flexibility index (Phi) is 6.39. The highest BCUT2D eigenvalue weighted by atomic mass is 16.5. The number of Topliss-reactive ketones (excluding diaryl/α,β-unsaturated/α-hetero) is 2. The molecule has 0 radical (unpaired) electrons. The van der Waals surface area contributed by atoms with E-state index in [1.807, 2.05) is 0 Å². The Labute approximate surface area is 230 Å². The normalized spacial score (nSPS) is 32.4. The van der Waals surface area contributed by atoms with Crippen molar-refractivity contribution in [3.8, 4) is 11.8 Å². The summed E-state index contributed by atoms with van der Waals surface area (Å²) in [4.78, 5) is 56.9. The fraction of sp³-hybridized carbons (Fsp3) is 0.375. The molecule has 0 heterocycles. The highest BCUT2D eigenvalue weighted by Gasteiger charge is 2.81. The first kappa shape index (κ1) is 29.0. The van der Waals surface area contributed by atoms with Gasteiger partial charge in [-0.3, -0.25) is 24.1 Å². The number of carbonyl (C=O) groups is 4. The van der Waals surface area contributed by atoms with E-state index >= 15 is 0 Å². The van der Waals surface area contributed by atoms with E-state index in [1.54, 1.807) is 6.07 Å². The maximum absolute atomic E-state index is 14.5. The average Bonchev–Trinajstić information content (AvgIpc) is 2.86. The Hall–Kier alpha value is -4.98. The van der Waals surface area contributed by atoms with Gasteiger partial charge in [-0.1, -0.05) is 6.07 Å². The zero-order valence-corrected chi connectivity index (χ0v) is 21.9. The number of amides is 1. The number of hydrogen-bond acceptors (Lipinski definition) is 15. The number of esters is 1. The minimum Gasteiger partial charge on any atom is -0.509 e. The van der Waals surface area contributed by atoms with Crippen LogP contribution in [0.3, 0.4) is 0 Å². The lowest BCUT2D eigenvalue weighted by atomic mass is 9.45. The summed E-state index contributed by atoms with van der Waals surface area (Å²) in [5, 5.41) is 47.7. The monoisotopic (exact) mass is 568 g/mol. The fourth-order valence-corrected chi connectivity index (χ4v) is 6.34. The van der Waals surface area contributed by atoms with Crippen LogP contribution in [0.2, 0.25) is 0 Å². The number of aliphatic hydroxyl groups is 2. The number of ketones is 2. The Morgan fingerprint density at radius 1 is 1.22 bits per heavy atom. The predicted molar refractivity (Wildman–Crippen MR) is 135 cm³/mol. The smallest absolute Gasteiger partial charge is 0.303 e. The number of fused-ring (bicyclic) bond motifs is 3. The van der Waals surface area contributed by atoms with Gasteiger partial charge in [0.25, 0.3) is 5.91 Å². The molecule has 4 rings (SSSR count). The molecule has 1 fully saturated rings. The minimum atomic E-state index is -3.11. The second kappa shape index (κ2) is 9.02. The van der Waals surface area contributed by atoms with Crippen LogP contribution in [-0.4, -0.2) is 81.0 Å². The zero-order chi connectivity index (χ0) is 31.0.